The molecule has 0 saturated heterocycles. The predicted molar refractivity (Wildman–Crippen MR) is 129 cm³/mol. The molecule has 0 saturated carbocycles. The van der Waals surface area contributed by atoms with Gasteiger partial charge in [0.25, 0.3) is 5.91 Å². The summed E-state index contributed by atoms with van der Waals surface area (Å²) < 4.78 is 11.3. The average Bonchev–Trinajstić information content (AvgIpc) is 2.82. The first-order valence-electron chi connectivity index (χ1n) is 10.1. The highest BCUT2D eigenvalue weighted by Gasteiger charge is 2.15. The summed E-state index contributed by atoms with van der Waals surface area (Å²) in [7, 11) is 1.47. The normalized spacial score (nSPS) is 10.8. The number of nitriles is 1. The van der Waals surface area contributed by atoms with Crippen LogP contribution in [0.15, 0.2) is 66.2 Å². The third-order valence-corrected chi connectivity index (χ3v) is 5.23. The number of aromatic carboxylic acids is 1. The number of rotatable bonds is 8. The number of methoxy groups -OCH3 is 1. The van der Waals surface area contributed by atoms with Gasteiger partial charge in [0.1, 0.15) is 18.2 Å². The second-order valence-electron chi connectivity index (χ2n) is 7.26. The first-order valence-corrected chi connectivity index (χ1v) is 10.5. The Hall–Kier alpha value is -4.28. The minimum atomic E-state index is -1.08. The third-order valence-electron chi connectivity index (χ3n) is 4.95. The number of halogens is 1. The first-order chi connectivity index (χ1) is 16.3. The highest BCUT2D eigenvalue weighted by atomic mass is 35.5. The molecule has 7 nitrogen and oxygen atoms in total. The minimum absolute atomic E-state index is 0.0838. The van der Waals surface area contributed by atoms with Crippen molar-refractivity contribution in [3.05, 3.63) is 93.5 Å². The van der Waals surface area contributed by atoms with Gasteiger partial charge in [-0.1, -0.05) is 35.9 Å². The van der Waals surface area contributed by atoms with Crippen molar-refractivity contribution < 1.29 is 24.2 Å². The number of carbonyl (C=O) groups is 2. The second kappa shape index (κ2) is 11.0. The Kier molecular flexibility index (Phi) is 7.91. The van der Waals surface area contributed by atoms with Crippen molar-refractivity contribution in [2.75, 3.05) is 12.4 Å². The van der Waals surface area contributed by atoms with Crippen molar-refractivity contribution in [3.63, 3.8) is 0 Å². The van der Waals surface area contributed by atoms with Crippen molar-refractivity contribution in [3.8, 4) is 17.6 Å². The van der Waals surface area contributed by atoms with Crippen molar-refractivity contribution in [2.24, 2.45) is 0 Å². The largest absolute Gasteiger partial charge is 0.493 e. The van der Waals surface area contributed by atoms with Crippen LogP contribution in [0.5, 0.6) is 11.5 Å². The molecule has 0 unspecified atom stereocenters. The fourth-order valence-corrected chi connectivity index (χ4v) is 3.37. The number of carboxylic acid groups (broad SMARTS) is 1. The van der Waals surface area contributed by atoms with Crippen LogP contribution in [0.3, 0.4) is 0 Å². The van der Waals surface area contributed by atoms with Crippen molar-refractivity contribution >= 4 is 35.2 Å². The van der Waals surface area contributed by atoms with Crippen LogP contribution in [-0.4, -0.2) is 24.1 Å². The van der Waals surface area contributed by atoms with E-state index in [4.69, 9.17) is 26.2 Å². The topological polar surface area (TPSA) is 109 Å². The fourth-order valence-electron chi connectivity index (χ4n) is 3.09. The molecule has 0 radical (unpaired) electrons. The fraction of sp³-hybridized carbons (Fsp3) is 0.115. The van der Waals surface area contributed by atoms with Gasteiger partial charge in [0, 0.05) is 5.69 Å². The van der Waals surface area contributed by atoms with Crippen molar-refractivity contribution in [1.82, 2.24) is 0 Å². The molecule has 8 heteroatoms. The monoisotopic (exact) mass is 476 g/mol. The van der Waals surface area contributed by atoms with E-state index in [2.05, 4.69) is 5.32 Å². The van der Waals surface area contributed by atoms with E-state index < -0.39 is 11.9 Å². The lowest BCUT2D eigenvalue weighted by atomic mass is 10.1. The second-order valence-corrected chi connectivity index (χ2v) is 7.66. The molecular weight excluding hydrogens is 456 g/mol. The van der Waals surface area contributed by atoms with E-state index in [1.165, 1.54) is 37.5 Å². The molecule has 34 heavy (non-hydrogen) atoms. The number of carboxylic acids is 1. The number of ether oxygens (including phenoxy) is 2. The zero-order chi connectivity index (χ0) is 24.7. The molecule has 0 heterocycles. The molecular formula is C26H21ClN2O5. The zero-order valence-electron chi connectivity index (χ0n) is 18.5. The smallest absolute Gasteiger partial charge is 0.335 e. The summed E-state index contributed by atoms with van der Waals surface area (Å²) in [5.41, 5.74) is 2.82. The van der Waals surface area contributed by atoms with Gasteiger partial charge in [-0.3, -0.25) is 4.79 Å². The summed E-state index contributed by atoms with van der Waals surface area (Å²) in [6.07, 6.45) is 1.38. The quantitative estimate of drug-likeness (QED) is 0.329. The lowest BCUT2D eigenvalue weighted by Crippen LogP contribution is -2.13. The van der Waals surface area contributed by atoms with Gasteiger partial charge in [-0.05, 0) is 66.1 Å². The lowest BCUT2D eigenvalue weighted by Gasteiger charge is -2.14. The Morgan fingerprint density at radius 3 is 2.47 bits per heavy atom. The molecule has 0 spiro atoms. The molecule has 0 atom stereocenters. The highest BCUT2D eigenvalue weighted by molar-refractivity contribution is 6.32. The number of hydrogen-bond acceptors (Lipinski definition) is 5. The summed E-state index contributed by atoms with van der Waals surface area (Å²) in [5.74, 6) is -1.02. The molecule has 0 bridgehead atoms. The van der Waals surface area contributed by atoms with Gasteiger partial charge in [0.2, 0.25) is 0 Å². The molecule has 3 aromatic rings. The van der Waals surface area contributed by atoms with Crippen LogP contribution in [-0.2, 0) is 11.4 Å². The average molecular weight is 477 g/mol. The van der Waals surface area contributed by atoms with E-state index in [9.17, 15) is 14.9 Å². The van der Waals surface area contributed by atoms with Gasteiger partial charge in [-0.2, -0.15) is 5.26 Å². The number of nitrogens with one attached hydrogen (secondary N) is 1. The Bertz CT molecular complexity index is 1290. The predicted octanol–water partition coefficient (Wildman–Crippen LogP) is 5.48. The minimum Gasteiger partial charge on any atom is -0.493 e. The van der Waals surface area contributed by atoms with Crippen molar-refractivity contribution in [1.29, 1.82) is 5.26 Å². The highest BCUT2D eigenvalue weighted by Crippen LogP contribution is 2.37. The van der Waals surface area contributed by atoms with Crippen LogP contribution in [0.4, 0.5) is 5.69 Å². The van der Waals surface area contributed by atoms with Gasteiger partial charge < -0.3 is 19.9 Å². The molecule has 3 rings (SSSR count). The summed E-state index contributed by atoms with van der Waals surface area (Å²) in [6, 6.07) is 18.5. The van der Waals surface area contributed by atoms with E-state index in [0.717, 1.165) is 11.1 Å². The molecule has 0 aliphatic heterocycles. The summed E-state index contributed by atoms with van der Waals surface area (Å²) in [4.78, 5) is 23.5. The van der Waals surface area contributed by atoms with E-state index in [-0.39, 0.29) is 16.2 Å². The maximum atomic E-state index is 12.6. The van der Waals surface area contributed by atoms with Gasteiger partial charge in [-0.15, -0.1) is 0 Å². The van der Waals surface area contributed by atoms with Gasteiger partial charge in [0.05, 0.1) is 17.7 Å². The lowest BCUT2D eigenvalue weighted by molar-refractivity contribution is -0.112. The molecule has 1 amide bonds. The Morgan fingerprint density at radius 1 is 1.15 bits per heavy atom. The van der Waals surface area contributed by atoms with Crippen LogP contribution < -0.4 is 14.8 Å². The maximum Gasteiger partial charge on any atom is 0.335 e. The SMILES string of the molecule is COc1cc(/C=C(\C#N)C(=O)Nc2ccc(C(=O)O)cc2)cc(Cl)c1OCc1ccccc1C. The summed E-state index contributed by atoms with van der Waals surface area (Å²) >= 11 is 6.43. The summed E-state index contributed by atoms with van der Waals surface area (Å²) in [5, 5.41) is 21.3. The first kappa shape index (κ1) is 24.4. The Labute approximate surface area is 201 Å². The van der Waals surface area contributed by atoms with E-state index >= 15 is 0 Å². The zero-order valence-corrected chi connectivity index (χ0v) is 19.2. The van der Waals surface area contributed by atoms with E-state index in [1.807, 2.05) is 37.3 Å². The molecule has 2 N–H and O–H groups in total. The van der Waals surface area contributed by atoms with Crippen LogP contribution in [0.1, 0.15) is 27.0 Å². The maximum absolute atomic E-state index is 12.6. The molecule has 172 valence electrons. The molecule has 0 fully saturated rings. The number of nitrogens with zero attached hydrogens (tertiary/aromatic N) is 1. The Balaban J connectivity index is 1.80. The molecule has 0 aromatic heterocycles. The number of hydrogen-bond donors (Lipinski definition) is 2. The standard InChI is InChI=1S/C26H21ClN2O5/c1-16-5-3-4-6-19(16)15-34-24-22(27)12-17(13-23(24)33-2)11-20(14-28)25(30)29-21-9-7-18(8-10-21)26(31)32/h3-13H,15H2,1-2H3,(H,29,30)(H,31,32)/b20-11+. The van der Waals surface area contributed by atoms with Gasteiger partial charge in [0.15, 0.2) is 11.5 Å². The van der Waals surface area contributed by atoms with Crippen LogP contribution in [0.2, 0.25) is 5.02 Å². The number of anilines is 1. The van der Waals surface area contributed by atoms with Gasteiger partial charge >= 0.3 is 5.97 Å². The molecule has 0 aliphatic carbocycles. The number of carbonyl (C=O) groups excluding carboxylic acids is 1. The number of benzene rings is 3. The van der Waals surface area contributed by atoms with Crippen LogP contribution in [0.25, 0.3) is 6.08 Å². The molecule has 3 aromatic carbocycles. The van der Waals surface area contributed by atoms with Crippen molar-refractivity contribution in [2.45, 2.75) is 13.5 Å². The van der Waals surface area contributed by atoms with E-state index in [0.29, 0.717) is 29.4 Å². The van der Waals surface area contributed by atoms with Crippen LogP contribution >= 0.6 is 11.6 Å². The number of aryl methyl sites for hydroxylation is 1. The summed E-state index contributed by atoms with van der Waals surface area (Å²) in [6.45, 7) is 2.28. The van der Waals surface area contributed by atoms with E-state index in [1.54, 1.807) is 12.1 Å². The Morgan fingerprint density at radius 2 is 1.85 bits per heavy atom. The van der Waals surface area contributed by atoms with Crippen LogP contribution in [0, 0.1) is 18.3 Å². The van der Waals surface area contributed by atoms with Gasteiger partial charge in [-0.25, -0.2) is 4.79 Å². The number of amides is 1. The molecule has 0 aliphatic rings. The third kappa shape index (κ3) is 5.94.